The summed E-state index contributed by atoms with van der Waals surface area (Å²) in [6.07, 6.45) is 6.36. The Morgan fingerprint density at radius 3 is 2.62 bits per heavy atom. The number of rotatable bonds is 9. The van der Waals surface area contributed by atoms with Gasteiger partial charge >= 0.3 is 5.97 Å². The number of nitrogens with one attached hydrogen (secondary N) is 1. The van der Waals surface area contributed by atoms with Crippen molar-refractivity contribution in [1.82, 2.24) is 14.8 Å². The number of aryl methyl sites for hydroxylation is 1. The quantitative estimate of drug-likeness (QED) is 0.687. The third-order valence-corrected chi connectivity index (χ3v) is 5.36. The number of aromatic nitrogens is 1. The standard InChI is InChI=1S/C19H27N3O4/c23-17(8-10-21-9-2-1-3-18(21)24)20-12-16-7-6-15(11-19(25)26)22(16)13-14-4-5-14/h1-3,9,14-16H,4-8,10-13H2,(H,20,23)(H,25,26)/t15-,16+/m1/s1. The van der Waals surface area contributed by atoms with E-state index in [2.05, 4.69) is 10.2 Å². The second-order valence-corrected chi connectivity index (χ2v) is 7.41. The number of aliphatic carboxylic acids is 1. The Balaban J connectivity index is 1.47. The molecule has 3 rings (SSSR count). The van der Waals surface area contributed by atoms with Gasteiger partial charge in [-0.2, -0.15) is 0 Å². The number of amides is 1. The lowest BCUT2D eigenvalue weighted by Gasteiger charge is -2.29. The fourth-order valence-corrected chi connectivity index (χ4v) is 3.74. The molecule has 26 heavy (non-hydrogen) atoms. The Morgan fingerprint density at radius 1 is 1.15 bits per heavy atom. The summed E-state index contributed by atoms with van der Waals surface area (Å²) in [5.41, 5.74) is -0.108. The topological polar surface area (TPSA) is 91.6 Å². The SMILES string of the molecule is O=C(O)C[C@H]1CC[C@@H](CNC(=O)CCn2ccccc2=O)N1CC1CC1. The molecular formula is C19H27N3O4. The zero-order valence-corrected chi connectivity index (χ0v) is 15.0. The molecule has 1 aliphatic heterocycles. The molecule has 2 atom stereocenters. The minimum Gasteiger partial charge on any atom is -0.481 e. The summed E-state index contributed by atoms with van der Waals surface area (Å²) in [5, 5.41) is 12.1. The molecule has 0 radical (unpaired) electrons. The molecule has 1 saturated carbocycles. The van der Waals surface area contributed by atoms with Crippen molar-refractivity contribution in [3.05, 3.63) is 34.7 Å². The van der Waals surface area contributed by atoms with Crippen molar-refractivity contribution < 1.29 is 14.7 Å². The monoisotopic (exact) mass is 361 g/mol. The van der Waals surface area contributed by atoms with Crippen LogP contribution in [0, 0.1) is 5.92 Å². The maximum absolute atomic E-state index is 12.1. The number of carboxylic acids is 1. The highest BCUT2D eigenvalue weighted by Gasteiger charge is 2.37. The third kappa shape index (κ3) is 5.17. The zero-order valence-electron chi connectivity index (χ0n) is 15.0. The van der Waals surface area contributed by atoms with E-state index in [0.29, 0.717) is 19.0 Å². The van der Waals surface area contributed by atoms with E-state index in [4.69, 9.17) is 5.11 Å². The van der Waals surface area contributed by atoms with Crippen LogP contribution in [-0.4, -0.2) is 51.6 Å². The maximum Gasteiger partial charge on any atom is 0.304 e. The average molecular weight is 361 g/mol. The van der Waals surface area contributed by atoms with Crippen molar-refractivity contribution in [2.24, 2.45) is 5.92 Å². The molecule has 0 aromatic carbocycles. The number of carbonyl (C=O) groups is 2. The largest absolute Gasteiger partial charge is 0.481 e. The highest BCUT2D eigenvalue weighted by Crippen LogP contribution is 2.35. The lowest BCUT2D eigenvalue weighted by molar-refractivity contribution is -0.138. The van der Waals surface area contributed by atoms with Crippen molar-refractivity contribution >= 4 is 11.9 Å². The normalized spacial score (nSPS) is 23.1. The van der Waals surface area contributed by atoms with E-state index in [9.17, 15) is 14.4 Å². The van der Waals surface area contributed by atoms with Crippen LogP contribution < -0.4 is 10.9 Å². The van der Waals surface area contributed by atoms with Gasteiger partial charge in [-0.3, -0.25) is 19.3 Å². The van der Waals surface area contributed by atoms with E-state index in [1.54, 1.807) is 18.3 Å². The summed E-state index contributed by atoms with van der Waals surface area (Å²) >= 11 is 0. The van der Waals surface area contributed by atoms with Crippen molar-refractivity contribution in [2.45, 2.75) is 57.2 Å². The maximum atomic E-state index is 12.1. The number of hydrogen-bond donors (Lipinski definition) is 2. The lowest BCUT2D eigenvalue weighted by Crippen LogP contribution is -2.45. The Labute approximate surface area is 153 Å². The predicted octanol–water partition coefficient (Wildman–Crippen LogP) is 1.07. The van der Waals surface area contributed by atoms with Crippen LogP contribution in [0.2, 0.25) is 0 Å². The fourth-order valence-electron chi connectivity index (χ4n) is 3.74. The molecule has 1 amide bonds. The Hall–Kier alpha value is -2.15. The Kier molecular flexibility index (Phi) is 6.08. The minimum atomic E-state index is -0.756. The van der Waals surface area contributed by atoms with Gasteiger partial charge in [-0.1, -0.05) is 6.07 Å². The molecule has 142 valence electrons. The van der Waals surface area contributed by atoms with Gasteiger partial charge < -0.3 is 15.0 Å². The first-order chi connectivity index (χ1) is 12.5. The predicted molar refractivity (Wildman–Crippen MR) is 96.8 cm³/mol. The van der Waals surface area contributed by atoms with E-state index in [1.807, 2.05) is 0 Å². The van der Waals surface area contributed by atoms with Crippen LogP contribution >= 0.6 is 0 Å². The second kappa shape index (κ2) is 8.49. The molecule has 1 saturated heterocycles. The Bertz CT molecular complexity index is 698. The van der Waals surface area contributed by atoms with Crippen LogP contribution in [0.15, 0.2) is 29.2 Å². The van der Waals surface area contributed by atoms with Crippen LogP contribution in [0.5, 0.6) is 0 Å². The number of pyridine rings is 1. The third-order valence-electron chi connectivity index (χ3n) is 5.36. The van der Waals surface area contributed by atoms with Gasteiger partial charge in [0.2, 0.25) is 5.91 Å². The molecule has 1 aliphatic carbocycles. The van der Waals surface area contributed by atoms with Crippen LogP contribution in [0.1, 0.15) is 38.5 Å². The highest BCUT2D eigenvalue weighted by atomic mass is 16.4. The van der Waals surface area contributed by atoms with Gasteiger partial charge in [-0.25, -0.2) is 0 Å². The van der Waals surface area contributed by atoms with Gasteiger partial charge in [0, 0.05) is 50.4 Å². The molecule has 7 heteroatoms. The molecule has 2 fully saturated rings. The number of carbonyl (C=O) groups excluding carboxylic acids is 1. The molecule has 0 unspecified atom stereocenters. The summed E-state index contributed by atoms with van der Waals surface area (Å²) in [7, 11) is 0. The molecule has 0 bridgehead atoms. The van der Waals surface area contributed by atoms with Gasteiger partial charge in [-0.05, 0) is 37.7 Å². The van der Waals surface area contributed by atoms with E-state index < -0.39 is 5.97 Å². The van der Waals surface area contributed by atoms with E-state index in [-0.39, 0.29) is 36.4 Å². The molecule has 2 N–H and O–H groups in total. The van der Waals surface area contributed by atoms with Crippen LogP contribution in [0.25, 0.3) is 0 Å². The minimum absolute atomic E-state index is 0.0752. The van der Waals surface area contributed by atoms with Crippen LogP contribution in [0.3, 0.4) is 0 Å². The number of nitrogens with zero attached hydrogens (tertiary/aromatic N) is 2. The summed E-state index contributed by atoms with van der Waals surface area (Å²) in [6.45, 7) is 1.85. The molecular weight excluding hydrogens is 334 g/mol. The number of likely N-dealkylation sites (tertiary alicyclic amines) is 1. The van der Waals surface area contributed by atoms with Gasteiger partial charge in [0.05, 0.1) is 6.42 Å². The summed E-state index contributed by atoms with van der Waals surface area (Å²) in [4.78, 5) is 37.2. The second-order valence-electron chi connectivity index (χ2n) is 7.41. The summed E-state index contributed by atoms with van der Waals surface area (Å²) in [6, 6.07) is 5.23. The van der Waals surface area contributed by atoms with Gasteiger partial charge in [0.15, 0.2) is 0 Å². The Morgan fingerprint density at radius 2 is 1.92 bits per heavy atom. The number of hydrogen-bond acceptors (Lipinski definition) is 4. The first-order valence-corrected chi connectivity index (χ1v) is 9.42. The molecule has 2 aliphatic rings. The zero-order chi connectivity index (χ0) is 18.5. The lowest BCUT2D eigenvalue weighted by atomic mass is 10.1. The van der Waals surface area contributed by atoms with Crippen molar-refractivity contribution in [3.8, 4) is 0 Å². The first kappa shape index (κ1) is 18.6. The van der Waals surface area contributed by atoms with Crippen LogP contribution in [0.4, 0.5) is 0 Å². The smallest absolute Gasteiger partial charge is 0.304 e. The van der Waals surface area contributed by atoms with Crippen molar-refractivity contribution in [3.63, 3.8) is 0 Å². The molecule has 0 spiro atoms. The average Bonchev–Trinajstić information content (AvgIpc) is 3.35. The molecule has 7 nitrogen and oxygen atoms in total. The molecule has 2 heterocycles. The molecule has 1 aromatic rings. The van der Waals surface area contributed by atoms with E-state index >= 15 is 0 Å². The summed E-state index contributed by atoms with van der Waals surface area (Å²) in [5.74, 6) is -0.143. The van der Waals surface area contributed by atoms with E-state index in [0.717, 1.165) is 19.4 Å². The van der Waals surface area contributed by atoms with Gasteiger partial charge in [0.1, 0.15) is 0 Å². The highest BCUT2D eigenvalue weighted by molar-refractivity contribution is 5.75. The van der Waals surface area contributed by atoms with Crippen molar-refractivity contribution in [1.29, 1.82) is 0 Å². The van der Waals surface area contributed by atoms with Gasteiger partial charge in [-0.15, -0.1) is 0 Å². The molecule has 1 aromatic heterocycles. The number of carboxylic acid groups (broad SMARTS) is 1. The van der Waals surface area contributed by atoms with E-state index in [1.165, 1.54) is 23.5 Å². The van der Waals surface area contributed by atoms with Gasteiger partial charge in [0.25, 0.3) is 5.56 Å². The first-order valence-electron chi connectivity index (χ1n) is 9.42. The van der Waals surface area contributed by atoms with Crippen LogP contribution in [-0.2, 0) is 16.1 Å². The van der Waals surface area contributed by atoms with Crippen molar-refractivity contribution in [2.75, 3.05) is 13.1 Å². The fraction of sp³-hybridized carbons (Fsp3) is 0.632. The summed E-state index contributed by atoms with van der Waals surface area (Å²) < 4.78 is 1.53.